The van der Waals surface area contributed by atoms with Crippen LogP contribution in [0.3, 0.4) is 0 Å². The molecule has 0 aliphatic rings. The minimum atomic E-state index is -0.160. The number of hydrogen-bond acceptors (Lipinski definition) is 2. The van der Waals surface area contributed by atoms with Crippen molar-refractivity contribution >= 4 is 11.8 Å². The van der Waals surface area contributed by atoms with Crippen LogP contribution in [-0.2, 0) is 9.59 Å². The zero-order chi connectivity index (χ0) is 11.6. The molecule has 0 aromatic rings. The van der Waals surface area contributed by atoms with Gasteiger partial charge in [0, 0.05) is 35.1 Å². The molecule has 0 saturated carbocycles. The third kappa shape index (κ3) is 8.77. The molecule has 0 bridgehead atoms. The van der Waals surface area contributed by atoms with Crippen LogP contribution in [0.2, 0.25) is 0 Å². The van der Waals surface area contributed by atoms with Crippen molar-refractivity contribution in [1.29, 1.82) is 0 Å². The van der Waals surface area contributed by atoms with Crippen molar-refractivity contribution in [2.75, 3.05) is 20.6 Å². The molecule has 0 spiro atoms. The normalized spacial score (nSPS) is 8.93. The Balaban J connectivity index is -0.000000449. The highest BCUT2D eigenvalue weighted by Gasteiger charge is 1.97. The summed E-state index contributed by atoms with van der Waals surface area (Å²) in [5.41, 5.74) is 0. The van der Waals surface area contributed by atoms with E-state index in [1.807, 2.05) is 13.8 Å². The van der Waals surface area contributed by atoms with Gasteiger partial charge in [0.25, 0.3) is 0 Å². The van der Waals surface area contributed by atoms with Crippen LogP contribution in [-0.4, -0.2) is 37.4 Å². The Morgan fingerprint density at radius 2 is 1.93 bits per heavy atom. The molecule has 14 heavy (non-hydrogen) atoms. The molecule has 0 unspecified atom stereocenters. The number of amides is 2. The molecular formula is C10H22N2O2. The van der Waals surface area contributed by atoms with E-state index in [1.165, 1.54) is 17.9 Å². The summed E-state index contributed by atoms with van der Waals surface area (Å²) in [7, 11) is 3.23. The van der Waals surface area contributed by atoms with Crippen molar-refractivity contribution in [1.82, 2.24) is 10.2 Å². The summed E-state index contributed by atoms with van der Waals surface area (Å²) in [5.74, 6) is -0.177. The predicted molar refractivity (Wildman–Crippen MR) is 60.0 cm³/mol. The fourth-order valence-electron chi connectivity index (χ4n) is 0.530. The predicted octanol–water partition coefficient (Wildman–Crippen LogP) is 1.04. The first-order valence-corrected chi connectivity index (χ1v) is 4.68. The summed E-state index contributed by atoms with van der Waals surface area (Å²) in [5, 5.41) is 2.44. The molecule has 0 saturated heterocycles. The molecule has 0 heterocycles. The maximum atomic E-state index is 10.7. The van der Waals surface area contributed by atoms with Gasteiger partial charge in [0.15, 0.2) is 0 Å². The molecule has 4 heteroatoms. The van der Waals surface area contributed by atoms with E-state index in [9.17, 15) is 9.59 Å². The van der Waals surface area contributed by atoms with Gasteiger partial charge in [-0.2, -0.15) is 0 Å². The summed E-state index contributed by atoms with van der Waals surface area (Å²) in [6, 6.07) is 0. The lowest BCUT2D eigenvalue weighted by Gasteiger charge is -2.10. The standard InChI is InChI=1S/C8H14N2O2.C2H6.H2/c1-7(11)10(3)6-4-5-8(12)9-2;1-2;/h4-5H,6H2,1-3H3,(H,9,12);1-2H3;1H/b5-4+;;. The van der Waals surface area contributed by atoms with Crippen molar-refractivity contribution in [3.8, 4) is 0 Å². The summed E-state index contributed by atoms with van der Waals surface area (Å²) < 4.78 is 0. The highest BCUT2D eigenvalue weighted by atomic mass is 16.2. The van der Waals surface area contributed by atoms with Crippen molar-refractivity contribution in [2.45, 2.75) is 20.8 Å². The topological polar surface area (TPSA) is 49.4 Å². The van der Waals surface area contributed by atoms with Gasteiger partial charge < -0.3 is 10.2 Å². The van der Waals surface area contributed by atoms with Gasteiger partial charge in [-0.3, -0.25) is 9.59 Å². The van der Waals surface area contributed by atoms with Gasteiger partial charge in [0.2, 0.25) is 11.8 Å². The minimum Gasteiger partial charge on any atom is -0.356 e. The van der Waals surface area contributed by atoms with E-state index < -0.39 is 0 Å². The van der Waals surface area contributed by atoms with Crippen molar-refractivity contribution in [2.24, 2.45) is 0 Å². The first kappa shape index (κ1) is 15.2. The van der Waals surface area contributed by atoms with Gasteiger partial charge in [0.05, 0.1) is 0 Å². The highest BCUT2D eigenvalue weighted by molar-refractivity contribution is 5.87. The van der Waals surface area contributed by atoms with Crippen LogP contribution >= 0.6 is 0 Å². The number of nitrogens with one attached hydrogen (secondary N) is 1. The Morgan fingerprint density at radius 1 is 1.43 bits per heavy atom. The lowest BCUT2D eigenvalue weighted by atomic mass is 10.4. The Hall–Kier alpha value is -1.32. The molecule has 0 aromatic carbocycles. The summed E-state index contributed by atoms with van der Waals surface area (Å²) in [6.45, 7) is 5.94. The third-order valence-corrected chi connectivity index (χ3v) is 1.43. The molecule has 84 valence electrons. The van der Waals surface area contributed by atoms with E-state index in [0.29, 0.717) is 6.54 Å². The van der Waals surface area contributed by atoms with Crippen LogP contribution in [0.1, 0.15) is 22.2 Å². The zero-order valence-electron chi connectivity index (χ0n) is 9.63. The Kier molecular flexibility index (Phi) is 10.6. The maximum absolute atomic E-state index is 10.7. The first-order valence-electron chi connectivity index (χ1n) is 4.68. The molecule has 0 fully saturated rings. The number of hydrogen-bond donors (Lipinski definition) is 1. The van der Waals surface area contributed by atoms with E-state index in [-0.39, 0.29) is 13.2 Å². The molecule has 4 nitrogen and oxygen atoms in total. The molecule has 0 aliphatic heterocycles. The summed E-state index contributed by atoms with van der Waals surface area (Å²) in [6.07, 6.45) is 3.04. The molecule has 0 aromatic heterocycles. The smallest absolute Gasteiger partial charge is 0.243 e. The van der Waals surface area contributed by atoms with Gasteiger partial charge in [-0.05, 0) is 0 Å². The maximum Gasteiger partial charge on any atom is 0.243 e. The van der Waals surface area contributed by atoms with Gasteiger partial charge >= 0.3 is 0 Å². The lowest BCUT2D eigenvalue weighted by Crippen LogP contribution is -2.24. The number of carbonyl (C=O) groups excluding carboxylic acids is 2. The summed E-state index contributed by atoms with van der Waals surface area (Å²) >= 11 is 0. The number of rotatable bonds is 3. The lowest BCUT2D eigenvalue weighted by molar-refractivity contribution is -0.127. The molecule has 0 rings (SSSR count). The summed E-state index contributed by atoms with van der Waals surface area (Å²) in [4.78, 5) is 22.9. The largest absolute Gasteiger partial charge is 0.356 e. The quantitative estimate of drug-likeness (QED) is 0.695. The van der Waals surface area contributed by atoms with Gasteiger partial charge in [-0.25, -0.2) is 0 Å². The Morgan fingerprint density at radius 3 is 2.29 bits per heavy atom. The molecule has 2 amide bonds. The molecular weight excluding hydrogens is 180 g/mol. The van der Waals surface area contributed by atoms with E-state index in [0.717, 1.165) is 0 Å². The molecule has 0 aliphatic carbocycles. The van der Waals surface area contributed by atoms with Crippen LogP contribution in [0, 0.1) is 0 Å². The van der Waals surface area contributed by atoms with Crippen molar-refractivity contribution < 1.29 is 11.0 Å². The Bertz CT molecular complexity index is 206. The number of likely N-dealkylation sites (N-methyl/N-ethyl adjacent to an activating group) is 2. The minimum absolute atomic E-state index is 0. The van der Waals surface area contributed by atoms with Crippen LogP contribution in [0.5, 0.6) is 0 Å². The van der Waals surface area contributed by atoms with Crippen molar-refractivity contribution in [3.05, 3.63) is 12.2 Å². The van der Waals surface area contributed by atoms with Crippen LogP contribution < -0.4 is 5.32 Å². The van der Waals surface area contributed by atoms with E-state index in [2.05, 4.69) is 5.32 Å². The SMILES string of the molecule is CC.CNC(=O)/C=C/CN(C)C(C)=O.[HH]. The average Bonchev–Trinajstić information content (AvgIpc) is 2.20. The fraction of sp³-hybridized carbons (Fsp3) is 0.600. The van der Waals surface area contributed by atoms with Crippen LogP contribution in [0.15, 0.2) is 12.2 Å². The molecule has 0 radical (unpaired) electrons. The second-order valence-electron chi connectivity index (χ2n) is 2.42. The van der Waals surface area contributed by atoms with Gasteiger partial charge in [-0.1, -0.05) is 19.9 Å². The van der Waals surface area contributed by atoms with Gasteiger partial charge in [0.1, 0.15) is 0 Å². The van der Waals surface area contributed by atoms with E-state index in [4.69, 9.17) is 0 Å². The highest BCUT2D eigenvalue weighted by Crippen LogP contribution is 1.84. The van der Waals surface area contributed by atoms with Gasteiger partial charge in [-0.15, -0.1) is 0 Å². The number of carbonyl (C=O) groups is 2. The fourth-order valence-corrected chi connectivity index (χ4v) is 0.530. The third-order valence-electron chi connectivity index (χ3n) is 1.43. The van der Waals surface area contributed by atoms with Crippen LogP contribution in [0.4, 0.5) is 0 Å². The number of nitrogens with zero attached hydrogens (tertiary/aromatic N) is 1. The monoisotopic (exact) mass is 202 g/mol. The second kappa shape index (κ2) is 9.77. The molecule has 0 atom stereocenters. The van der Waals surface area contributed by atoms with E-state index in [1.54, 1.807) is 20.2 Å². The van der Waals surface area contributed by atoms with Crippen molar-refractivity contribution in [3.63, 3.8) is 0 Å². The average molecular weight is 202 g/mol. The zero-order valence-corrected chi connectivity index (χ0v) is 9.63. The first-order chi connectivity index (χ1) is 6.57. The molecule has 1 N–H and O–H groups in total. The van der Waals surface area contributed by atoms with E-state index >= 15 is 0 Å². The second-order valence-corrected chi connectivity index (χ2v) is 2.42. The Labute approximate surface area is 87.5 Å². The van der Waals surface area contributed by atoms with Crippen LogP contribution in [0.25, 0.3) is 0 Å².